The lowest BCUT2D eigenvalue weighted by Gasteiger charge is -1.91. The zero-order chi connectivity index (χ0) is 7.84. The molecule has 0 aliphatic heterocycles. The largest absolute Gasteiger partial charge is 0.358 e. The SMILES string of the molecule is Cc1[c]c2c(C)cccc2[nH]1. The molecule has 1 nitrogen and oxygen atoms in total. The van der Waals surface area contributed by atoms with Gasteiger partial charge in [-0.2, -0.15) is 0 Å². The minimum atomic E-state index is 1.11. The first-order chi connectivity index (χ1) is 5.27. The van der Waals surface area contributed by atoms with Gasteiger partial charge in [0.25, 0.3) is 0 Å². The number of nitrogens with one attached hydrogen (secondary N) is 1. The van der Waals surface area contributed by atoms with Crippen LogP contribution in [0.15, 0.2) is 18.2 Å². The Balaban J connectivity index is 2.90. The van der Waals surface area contributed by atoms with Crippen molar-refractivity contribution in [2.45, 2.75) is 13.8 Å². The van der Waals surface area contributed by atoms with Crippen LogP contribution in [-0.2, 0) is 0 Å². The molecule has 55 valence electrons. The molecule has 2 aromatic rings. The summed E-state index contributed by atoms with van der Waals surface area (Å²) in [5.74, 6) is 0. The van der Waals surface area contributed by atoms with E-state index >= 15 is 0 Å². The fourth-order valence-corrected chi connectivity index (χ4v) is 1.36. The monoisotopic (exact) mass is 144 g/mol. The number of benzene rings is 1. The number of hydrogen-bond donors (Lipinski definition) is 1. The Bertz CT molecular complexity index is 385. The highest BCUT2D eigenvalue weighted by Gasteiger charge is 1.98. The molecule has 2 rings (SSSR count). The molecule has 0 aliphatic carbocycles. The Morgan fingerprint density at radius 3 is 2.82 bits per heavy atom. The molecule has 0 saturated carbocycles. The number of aromatic nitrogens is 1. The van der Waals surface area contributed by atoms with Crippen LogP contribution >= 0.6 is 0 Å². The molecule has 1 aromatic heterocycles. The van der Waals surface area contributed by atoms with E-state index in [1.165, 1.54) is 16.5 Å². The van der Waals surface area contributed by atoms with Crippen molar-refractivity contribution in [2.75, 3.05) is 0 Å². The maximum absolute atomic E-state index is 3.27. The van der Waals surface area contributed by atoms with E-state index in [9.17, 15) is 0 Å². The van der Waals surface area contributed by atoms with Crippen molar-refractivity contribution in [1.29, 1.82) is 0 Å². The molecule has 1 aromatic carbocycles. The van der Waals surface area contributed by atoms with E-state index < -0.39 is 0 Å². The van der Waals surface area contributed by atoms with Crippen LogP contribution < -0.4 is 0 Å². The van der Waals surface area contributed by atoms with Gasteiger partial charge >= 0.3 is 0 Å². The molecule has 0 atom stereocenters. The van der Waals surface area contributed by atoms with E-state index in [4.69, 9.17) is 0 Å². The molecular weight excluding hydrogens is 134 g/mol. The van der Waals surface area contributed by atoms with E-state index in [2.05, 4.69) is 36.2 Å². The summed E-state index contributed by atoms with van der Waals surface area (Å²) in [6.07, 6.45) is 0. The zero-order valence-corrected chi connectivity index (χ0v) is 6.73. The normalized spacial score (nSPS) is 10.7. The van der Waals surface area contributed by atoms with Gasteiger partial charge in [-0.25, -0.2) is 0 Å². The van der Waals surface area contributed by atoms with Crippen LogP contribution in [0.2, 0.25) is 0 Å². The van der Waals surface area contributed by atoms with Crippen LogP contribution in [-0.4, -0.2) is 4.98 Å². The Labute approximate surface area is 66.1 Å². The zero-order valence-electron chi connectivity index (χ0n) is 6.73. The summed E-state index contributed by atoms with van der Waals surface area (Å²) in [5.41, 5.74) is 3.57. The molecule has 1 heteroatoms. The van der Waals surface area contributed by atoms with Crippen molar-refractivity contribution in [2.24, 2.45) is 0 Å². The lowest BCUT2D eigenvalue weighted by Crippen LogP contribution is -1.71. The van der Waals surface area contributed by atoms with Crippen LogP contribution in [0.25, 0.3) is 10.9 Å². The minimum Gasteiger partial charge on any atom is -0.358 e. The molecule has 11 heavy (non-hydrogen) atoms. The van der Waals surface area contributed by atoms with Crippen molar-refractivity contribution in [3.63, 3.8) is 0 Å². The summed E-state index contributed by atoms with van der Waals surface area (Å²) in [4.78, 5) is 3.24. The van der Waals surface area contributed by atoms with Crippen molar-refractivity contribution in [1.82, 2.24) is 4.98 Å². The lowest BCUT2D eigenvalue weighted by atomic mass is 10.1. The smallest absolute Gasteiger partial charge is 0.0465 e. The van der Waals surface area contributed by atoms with Crippen LogP contribution in [0.3, 0.4) is 0 Å². The number of rotatable bonds is 0. The van der Waals surface area contributed by atoms with Gasteiger partial charge in [-0.15, -0.1) is 0 Å². The van der Waals surface area contributed by atoms with Gasteiger partial charge in [0.2, 0.25) is 0 Å². The molecule has 0 fully saturated rings. The number of fused-ring (bicyclic) bond motifs is 1. The van der Waals surface area contributed by atoms with E-state index in [-0.39, 0.29) is 0 Å². The maximum atomic E-state index is 3.27. The van der Waals surface area contributed by atoms with E-state index in [1.54, 1.807) is 0 Å². The molecule has 0 aliphatic rings. The van der Waals surface area contributed by atoms with E-state index in [0.717, 1.165) is 5.69 Å². The maximum Gasteiger partial charge on any atom is 0.0465 e. The number of aryl methyl sites for hydroxylation is 2. The van der Waals surface area contributed by atoms with Gasteiger partial charge in [-0.05, 0) is 25.5 Å². The van der Waals surface area contributed by atoms with Gasteiger partial charge in [-0.1, -0.05) is 12.1 Å². The molecule has 0 saturated heterocycles. The summed E-state index contributed by atoms with van der Waals surface area (Å²) in [7, 11) is 0. The molecule has 1 heterocycles. The number of H-pyrrole nitrogens is 1. The number of aromatic amines is 1. The quantitative estimate of drug-likeness (QED) is 0.585. The van der Waals surface area contributed by atoms with Gasteiger partial charge in [0.05, 0.1) is 0 Å². The predicted molar refractivity (Wildman–Crippen MR) is 46.6 cm³/mol. The third-order valence-corrected chi connectivity index (χ3v) is 1.91. The Morgan fingerprint density at radius 2 is 2.09 bits per heavy atom. The molecule has 0 amide bonds. The fourth-order valence-electron chi connectivity index (χ4n) is 1.36. The second-order valence-corrected chi connectivity index (χ2v) is 2.87. The Kier molecular flexibility index (Phi) is 1.25. The summed E-state index contributed by atoms with van der Waals surface area (Å²) < 4.78 is 0. The van der Waals surface area contributed by atoms with Crippen molar-refractivity contribution < 1.29 is 0 Å². The van der Waals surface area contributed by atoms with E-state index in [0.29, 0.717) is 0 Å². The van der Waals surface area contributed by atoms with Crippen molar-refractivity contribution in [3.8, 4) is 0 Å². The molecule has 1 N–H and O–H groups in total. The van der Waals surface area contributed by atoms with Gasteiger partial charge in [0.15, 0.2) is 0 Å². The van der Waals surface area contributed by atoms with Crippen LogP contribution in [0.1, 0.15) is 11.3 Å². The second kappa shape index (κ2) is 2.12. The average Bonchev–Trinajstić information content (AvgIpc) is 2.31. The third kappa shape index (κ3) is 0.929. The van der Waals surface area contributed by atoms with Crippen LogP contribution in [0.5, 0.6) is 0 Å². The summed E-state index contributed by atoms with van der Waals surface area (Å²) in [6.45, 7) is 4.13. The van der Waals surface area contributed by atoms with Gasteiger partial charge in [-0.3, -0.25) is 0 Å². The summed E-state index contributed by atoms with van der Waals surface area (Å²) in [5, 5.41) is 1.21. The van der Waals surface area contributed by atoms with Gasteiger partial charge in [0, 0.05) is 22.7 Å². The first-order valence-corrected chi connectivity index (χ1v) is 3.74. The highest BCUT2D eigenvalue weighted by atomic mass is 14.7. The molecular formula is C10H10N. The minimum absolute atomic E-state index is 1.11. The van der Waals surface area contributed by atoms with E-state index in [1.807, 2.05) is 6.92 Å². The first kappa shape index (κ1) is 6.47. The summed E-state index contributed by atoms with van der Waals surface area (Å²) >= 11 is 0. The molecule has 0 spiro atoms. The Hall–Kier alpha value is -1.24. The highest BCUT2D eigenvalue weighted by Crippen LogP contribution is 2.17. The summed E-state index contributed by atoms with van der Waals surface area (Å²) in [6, 6.07) is 9.51. The standard InChI is InChI=1S/C10H10N/c1-7-4-3-5-10-9(7)6-8(2)11-10/h3-5,11H,1-2H3. The number of hydrogen-bond acceptors (Lipinski definition) is 0. The lowest BCUT2D eigenvalue weighted by molar-refractivity contribution is 1.30. The fraction of sp³-hybridized carbons (Fsp3) is 0.200. The predicted octanol–water partition coefficient (Wildman–Crippen LogP) is 2.58. The van der Waals surface area contributed by atoms with Gasteiger partial charge < -0.3 is 4.98 Å². The topological polar surface area (TPSA) is 15.8 Å². The third-order valence-electron chi connectivity index (χ3n) is 1.91. The second-order valence-electron chi connectivity index (χ2n) is 2.87. The van der Waals surface area contributed by atoms with Crippen LogP contribution in [0, 0.1) is 19.9 Å². The molecule has 0 unspecified atom stereocenters. The molecule has 0 bridgehead atoms. The highest BCUT2D eigenvalue weighted by molar-refractivity contribution is 5.82. The average molecular weight is 144 g/mol. The Morgan fingerprint density at radius 1 is 1.27 bits per heavy atom. The van der Waals surface area contributed by atoms with Crippen molar-refractivity contribution in [3.05, 3.63) is 35.5 Å². The first-order valence-electron chi connectivity index (χ1n) is 3.74. The van der Waals surface area contributed by atoms with Crippen molar-refractivity contribution >= 4 is 10.9 Å². The van der Waals surface area contributed by atoms with Crippen LogP contribution in [0.4, 0.5) is 0 Å². The van der Waals surface area contributed by atoms with Gasteiger partial charge in [0.1, 0.15) is 0 Å². The molecule has 1 radical (unpaired) electrons.